The Morgan fingerprint density at radius 2 is 1.86 bits per heavy atom. The number of aromatic nitrogens is 1. The van der Waals surface area contributed by atoms with E-state index < -0.39 is 0 Å². The molecule has 0 aromatic carbocycles. The van der Waals surface area contributed by atoms with E-state index in [9.17, 15) is 9.59 Å². The molecule has 0 aliphatic heterocycles. The summed E-state index contributed by atoms with van der Waals surface area (Å²) in [5.74, 6) is -0.125. The fourth-order valence-corrected chi connectivity index (χ4v) is 3.45. The van der Waals surface area contributed by atoms with Crippen LogP contribution in [0.15, 0.2) is 53.5 Å². The molecule has 3 rings (SSSR count). The zero-order valence-electron chi connectivity index (χ0n) is 11.5. The van der Waals surface area contributed by atoms with E-state index in [0.29, 0.717) is 22.5 Å². The maximum Gasteiger partial charge on any atom is 0.251 e. The molecule has 3 heterocycles. The summed E-state index contributed by atoms with van der Waals surface area (Å²) in [5.41, 5.74) is 1.28. The van der Waals surface area contributed by atoms with Gasteiger partial charge in [-0.2, -0.15) is 11.3 Å². The molecule has 0 aliphatic carbocycles. The van der Waals surface area contributed by atoms with E-state index >= 15 is 0 Å². The number of amides is 1. The minimum Gasteiger partial charge on any atom is -0.347 e. The molecule has 0 saturated heterocycles. The van der Waals surface area contributed by atoms with Crippen LogP contribution in [0.1, 0.15) is 30.5 Å². The number of carbonyl (C=O) groups is 2. The van der Waals surface area contributed by atoms with Gasteiger partial charge >= 0.3 is 0 Å². The lowest BCUT2D eigenvalue weighted by molar-refractivity contribution is 0.0950. The first kappa shape index (κ1) is 14.6. The molecule has 3 aromatic heterocycles. The van der Waals surface area contributed by atoms with Gasteiger partial charge in [-0.1, -0.05) is 0 Å². The molecule has 0 atom stereocenters. The van der Waals surface area contributed by atoms with Gasteiger partial charge in [0.25, 0.3) is 5.91 Å². The SMILES string of the molecule is O=C(NCc1ccc(C(=O)c2ccsc2)s1)c1ccncc1. The van der Waals surface area contributed by atoms with Crippen molar-refractivity contribution in [2.45, 2.75) is 6.54 Å². The van der Waals surface area contributed by atoms with Crippen LogP contribution in [0.25, 0.3) is 0 Å². The molecule has 0 radical (unpaired) electrons. The summed E-state index contributed by atoms with van der Waals surface area (Å²) in [6, 6.07) is 8.82. The van der Waals surface area contributed by atoms with Crippen molar-refractivity contribution in [2.24, 2.45) is 0 Å². The summed E-state index contributed by atoms with van der Waals surface area (Å²) in [6.45, 7) is 0.405. The average Bonchev–Trinajstić information content (AvgIpc) is 3.24. The summed E-state index contributed by atoms with van der Waals surface area (Å²) >= 11 is 2.91. The van der Waals surface area contributed by atoms with Crippen molar-refractivity contribution in [3.8, 4) is 0 Å². The molecule has 3 aromatic rings. The van der Waals surface area contributed by atoms with Crippen LogP contribution in [0.3, 0.4) is 0 Å². The highest BCUT2D eigenvalue weighted by molar-refractivity contribution is 7.14. The van der Waals surface area contributed by atoms with Gasteiger partial charge in [-0.05, 0) is 35.7 Å². The van der Waals surface area contributed by atoms with E-state index in [1.165, 1.54) is 22.7 Å². The lowest BCUT2D eigenvalue weighted by Crippen LogP contribution is -2.22. The monoisotopic (exact) mass is 328 g/mol. The van der Waals surface area contributed by atoms with Gasteiger partial charge in [-0.15, -0.1) is 11.3 Å². The second kappa shape index (κ2) is 6.64. The minimum atomic E-state index is -0.151. The minimum absolute atomic E-state index is 0.0259. The van der Waals surface area contributed by atoms with E-state index in [4.69, 9.17) is 0 Å². The fraction of sp³-hybridized carbons (Fsp3) is 0.0625. The number of nitrogens with one attached hydrogen (secondary N) is 1. The summed E-state index contributed by atoms with van der Waals surface area (Å²) in [4.78, 5) is 29.7. The Bertz CT molecular complexity index is 780. The van der Waals surface area contributed by atoms with Crippen LogP contribution in [0, 0.1) is 0 Å². The molecular weight excluding hydrogens is 316 g/mol. The van der Waals surface area contributed by atoms with Gasteiger partial charge in [0.05, 0.1) is 11.4 Å². The molecule has 0 saturated carbocycles. The average molecular weight is 328 g/mol. The lowest BCUT2D eigenvalue weighted by atomic mass is 10.2. The van der Waals surface area contributed by atoms with Gasteiger partial charge < -0.3 is 5.32 Å². The van der Waals surface area contributed by atoms with E-state index in [-0.39, 0.29) is 11.7 Å². The van der Waals surface area contributed by atoms with Crippen LogP contribution in [-0.2, 0) is 6.54 Å². The summed E-state index contributed by atoms with van der Waals surface area (Å²) in [6.07, 6.45) is 3.16. The van der Waals surface area contributed by atoms with Gasteiger partial charge in [0, 0.05) is 33.8 Å². The Labute approximate surface area is 135 Å². The zero-order chi connectivity index (χ0) is 15.4. The Kier molecular flexibility index (Phi) is 4.41. The number of pyridine rings is 1. The molecule has 0 aliphatic rings. The number of thiophene rings is 2. The van der Waals surface area contributed by atoms with Crippen molar-refractivity contribution in [3.63, 3.8) is 0 Å². The first-order valence-corrected chi connectivity index (χ1v) is 8.34. The molecule has 0 bridgehead atoms. The molecular formula is C16H12N2O2S2. The maximum absolute atomic E-state index is 12.2. The Balaban J connectivity index is 1.63. The van der Waals surface area contributed by atoms with Gasteiger partial charge in [-0.25, -0.2) is 0 Å². The number of ketones is 1. The topological polar surface area (TPSA) is 59.1 Å². The Morgan fingerprint density at radius 3 is 2.59 bits per heavy atom. The van der Waals surface area contributed by atoms with Gasteiger partial charge in [0.15, 0.2) is 0 Å². The van der Waals surface area contributed by atoms with Crippen molar-refractivity contribution in [2.75, 3.05) is 0 Å². The predicted octanol–water partition coefficient (Wildman–Crippen LogP) is 3.37. The quantitative estimate of drug-likeness (QED) is 0.731. The first-order chi connectivity index (χ1) is 10.7. The molecule has 22 heavy (non-hydrogen) atoms. The number of hydrogen-bond donors (Lipinski definition) is 1. The normalized spacial score (nSPS) is 10.4. The molecule has 0 fully saturated rings. The largest absolute Gasteiger partial charge is 0.347 e. The van der Waals surface area contributed by atoms with Crippen molar-refractivity contribution in [3.05, 3.63) is 74.4 Å². The second-order valence-corrected chi connectivity index (χ2v) is 6.47. The van der Waals surface area contributed by atoms with Crippen LogP contribution >= 0.6 is 22.7 Å². The van der Waals surface area contributed by atoms with Crippen LogP contribution in [0.4, 0.5) is 0 Å². The van der Waals surface area contributed by atoms with Gasteiger partial charge in [0.1, 0.15) is 0 Å². The maximum atomic E-state index is 12.2. The number of carbonyl (C=O) groups excluding carboxylic acids is 2. The zero-order valence-corrected chi connectivity index (χ0v) is 13.1. The smallest absolute Gasteiger partial charge is 0.251 e. The first-order valence-electron chi connectivity index (χ1n) is 6.58. The summed E-state index contributed by atoms with van der Waals surface area (Å²) in [7, 11) is 0. The predicted molar refractivity (Wildman–Crippen MR) is 87.5 cm³/mol. The second-order valence-electron chi connectivity index (χ2n) is 4.53. The third-order valence-electron chi connectivity index (χ3n) is 3.03. The van der Waals surface area contributed by atoms with Crippen molar-refractivity contribution < 1.29 is 9.59 Å². The molecule has 110 valence electrons. The summed E-state index contributed by atoms with van der Waals surface area (Å²) < 4.78 is 0. The third kappa shape index (κ3) is 3.29. The van der Waals surface area contributed by atoms with E-state index in [2.05, 4.69) is 10.3 Å². The fourth-order valence-electron chi connectivity index (χ4n) is 1.90. The summed E-state index contributed by atoms with van der Waals surface area (Å²) in [5, 5.41) is 6.56. The molecule has 0 unspecified atom stereocenters. The Hall–Kier alpha value is -2.31. The number of nitrogens with zero attached hydrogens (tertiary/aromatic N) is 1. The van der Waals surface area contributed by atoms with Crippen molar-refractivity contribution in [1.29, 1.82) is 0 Å². The highest BCUT2D eigenvalue weighted by Crippen LogP contribution is 2.21. The standard InChI is InChI=1S/C16H12N2O2S2/c19-15(12-5-8-21-10-12)14-2-1-13(22-14)9-18-16(20)11-3-6-17-7-4-11/h1-8,10H,9H2,(H,18,20). The van der Waals surface area contributed by atoms with E-state index in [1.54, 1.807) is 30.6 Å². The lowest BCUT2D eigenvalue weighted by Gasteiger charge is -2.02. The molecule has 6 heteroatoms. The third-order valence-corrected chi connectivity index (χ3v) is 4.80. The van der Waals surface area contributed by atoms with Gasteiger partial charge in [-0.3, -0.25) is 14.6 Å². The molecule has 4 nitrogen and oxygen atoms in total. The van der Waals surface area contributed by atoms with Gasteiger partial charge in [0.2, 0.25) is 5.78 Å². The highest BCUT2D eigenvalue weighted by atomic mass is 32.1. The van der Waals surface area contributed by atoms with Crippen LogP contribution in [0.5, 0.6) is 0 Å². The van der Waals surface area contributed by atoms with E-state index in [0.717, 1.165) is 4.88 Å². The van der Waals surface area contributed by atoms with Crippen molar-refractivity contribution in [1.82, 2.24) is 10.3 Å². The number of rotatable bonds is 5. The van der Waals surface area contributed by atoms with Crippen LogP contribution in [-0.4, -0.2) is 16.7 Å². The van der Waals surface area contributed by atoms with Crippen LogP contribution in [0.2, 0.25) is 0 Å². The van der Waals surface area contributed by atoms with Crippen LogP contribution < -0.4 is 5.32 Å². The molecule has 1 N–H and O–H groups in total. The molecule has 0 spiro atoms. The Morgan fingerprint density at radius 1 is 1.05 bits per heavy atom. The highest BCUT2D eigenvalue weighted by Gasteiger charge is 2.12. The van der Waals surface area contributed by atoms with Crippen molar-refractivity contribution >= 4 is 34.4 Å². The number of hydrogen-bond acceptors (Lipinski definition) is 5. The molecule has 1 amide bonds. The van der Waals surface area contributed by atoms with E-state index in [1.807, 2.05) is 22.9 Å².